The Morgan fingerprint density at radius 2 is 1.77 bits per heavy atom. The van der Waals surface area contributed by atoms with E-state index in [0.29, 0.717) is 23.8 Å². The molecule has 0 unspecified atom stereocenters. The average Bonchev–Trinajstić information content (AvgIpc) is 3.18. The molecular weight excluding hydrogens is 490 g/mol. The number of carbonyl (C=O) groups is 2. The summed E-state index contributed by atoms with van der Waals surface area (Å²) in [5.74, 6) is -0.311. The molecule has 1 aromatic heterocycles. The van der Waals surface area contributed by atoms with E-state index >= 15 is 0 Å². The van der Waals surface area contributed by atoms with Crippen molar-refractivity contribution in [2.45, 2.75) is 51.2 Å². The number of hydrogen-bond acceptors (Lipinski definition) is 4. The third kappa shape index (κ3) is 4.71. The Labute approximate surface area is 227 Å². The van der Waals surface area contributed by atoms with Gasteiger partial charge in [-0.25, -0.2) is 9.59 Å². The zero-order valence-corrected chi connectivity index (χ0v) is 22.0. The maximum atomic E-state index is 12.4. The van der Waals surface area contributed by atoms with Crippen molar-refractivity contribution in [1.82, 2.24) is 4.57 Å². The summed E-state index contributed by atoms with van der Waals surface area (Å²) in [5, 5.41) is 11.2. The minimum atomic E-state index is -0.963. The lowest BCUT2D eigenvalue weighted by Gasteiger charge is -2.24. The van der Waals surface area contributed by atoms with Crippen LogP contribution in [-0.2, 0) is 22.7 Å². The van der Waals surface area contributed by atoms with Crippen LogP contribution >= 0.6 is 0 Å². The van der Waals surface area contributed by atoms with Crippen LogP contribution in [0.2, 0.25) is 0 Å². The Balaban J connectivity index is 1.54. The normalized spacial score (nSPS) is 15.2. The molecular formula is C33H31NO5. The van der Waals surface area contributed by atoms with Gasteiger partial charge in [-0.2, -0.15) is 0 Å². The summed E-state index contributed by atoms with van der Waals surface area (Å²) in [5.41, 5.74) is 6.75. The van der Waals surface area contributed by atoms with Crippen molar-refractivity contribution in [3.8, 4) is 17.0 Å². The van der Waals surface area contributed by atoms with Crippen LogP contribution in [0.5, 0.6) is 5.75 Å². The van der Waals surface area contributed by atoms with Gasteiger partial charge in [0.05, 0.1) is 30.5 Å². The van der Waals surface area contributed by atoms with Gasteiger partial charge in [0.1, 0.15) is 12.4 Å². The number of esters is 1. The van der Waals surface area contributed by atoms with Crippen molar-refractivity contribution in [1.29, 1.82) is 0 Å². The van der Waals surface area contributed by atoms with Crippen molar-refractivity contribution in [3.63, 3.8) is 0 Å². The Bertz CT molecular complexity index is 1590. The number of nitrogens with zero attached hydrogens (tertiary/aromatic N) is 1. The zero-order chi connectivity index (χ0) is 26.9. The minimum absolute atomic E-state index is 0.202. The molecule has 1 aliphatic carbocycles. The van der Waals surface area contributed by atoms with E-state index in [4.69, 9.17) is 9.47 Å². The molecule has 0 atom stereocenters. The second kappa shape index (κ2) is 10.4. The van der Waals surface area contributed by atoms with Crippen molar-refractivity contribution in [3.05, 3.63) is 94.6 Å². The first kappa shape index (κ1) is 25.0. The van der Waals surface area contributed by atoms with Gasteiger partial charge in [-0.1, -0.05) is 55.7 Å². The van der Waals surface area contributed by atoms with E-state index in [0.717, 1.165) is 46.1 Å². The van der Waals surface area contributed by atoms with Gasteiger partial charge in [-0.3, -0.25) is 0 Å². The van der Waals surface area contributed by atoms with E-state index in [1.165, 1.54) is 31.9 Å². The summed E-state index contributed by atoms with van der Waals surface area (Å²) in [4.78, 5) is 24.8. The summed E-state index contributed by atoms with van der Waals surface area (Å²) in [6, 6.07) is 21.6. The Morgan fingerprint density at radius 1 is 0.974 bits per heavy atom. The number of fused-ring (bicyclic) bond motifs is 5. The first-order chi connectivity index (χ1) is 19.0. The second-order valence-corrected chi connectivity index (χ2v) is 10.4. The SMILES string of the molecule is COC(=O)c1ccc2c(C3CCCCC3)c3n(c2c1)CC(C(=O)O)=Cc1cc(OCc2ccccc2)ccc1-3. The predicted octanol–water partition coefficient (Wildman–Crippen LogP) is 7.20. The van der Waals surface area contributed by atoms with Crippen LogP contribution in [0.1, 0.15) is 65.1 Å². The van der Waals surface area contributed by atoms with E-state index in [9.17, 15) is 14.7 Å². The van der Waals surface area contributed by atoms with Gasteiger partial charge < -0.3 is 19.1 Å². The first-order valence-corrected chi connectivity index (χ1v) is 13.5. The molecule has 1 fully saturated rings. The van der Waals surface area contributed by atoms with Crippen molar-refractivity contribution in [2.24, 2.45) is 0 Å². The number of carbonyl (C=O) groups excluding carboxylic acids is 1. The summed E-state index contributed by atoms with van der Waals surface area (Å²) in [6.45, 7) is 0.631. The smallest absolute Gasteiger partial charge is 0.337 e. The Morgan fingerprint density at radius 3 is 2.51 bits per heavy atom. The topological polar surface area (TPSA) is 77.8 Å². The highest BCUT2D eigenvalue weighted by Gasteiger charge is 2.30. The average molecular weight is 522 g/mol. The van der Waals surface area contributed by atoms with E-state index in [1.54, 1.807) is 6.08 Å². The van der Waals surface area contributed by atoms with Gasteiger partial charge in [0.25, 0.3) is 0 Å². The molecule has 198 valence electrons. The number of ether oxygens (including phenoxy) is 2. The number of carboxylic acid groups (broad SMARTS) is 1. The Kier molecular flexibility index (Phi) is 6.69. The highest BCUT2D eigenvalue weighted by atomic mass is 16.5. The van der Waals surface area contributed by atoms with Crippen LogP contribution in [0.15, 0.2) is 72.3 Å². The molecule has 0 radical (unpaired) electrons. The molecule has 0 saturated heterocycles. The minimum Gasteiger partial charge on any atom is -0.489 e. The molecule has 6 rings (SSSR count). The van der Waals surface area contributed by atoms with Gasteiger partial charge in [-0.05, 0) is 71.9 Å². The second-order valence-electron chi connectivity index (χ2n) is 10.4. The first-order valence-electron chi connectivity index (χ1n) is 13.5. The molecule has 4 aromatic rings. The summed E-state index contributed by atoms with van der Waals surface area (Å²) < 4.78 is 13.2. The van der Waals surface area contributed by atoms with Gasteiger partial charge in [-0.15, -0.1) is 0 Å². The number of carboxylic acids is 1. The van der Waals surface area contributed by atoms with Gasteiger partial charge in [0, 0.05) is 16.5 Å². The van der Waals surface area contributed by atoms with Gasteiger partial charge >= 0.3 is 11.9 Å². The largest absolute Gasteiger partial charge is 0.489 e. The maximum absolute atomic E-state index is 12.4. The van der Waals surface area contributed by atoms with Crippen LogP contribution in [-0.4, -0.2) is 28.7 Å². The van der Waals surface area contributed by atoms with Crippen LogP contribution in [0, 0.1) is 0 Å². The zero-order valence-electron chi connectivity index (χ0n) is 22.0. The lowest BCUT2D eigenvalue weighted by atomic mass is 9.81. The molecule has 2 aliphatic rings. The van der Waals surface area contributed by atoms with Crippen LogP contribution < -0.4 is 4.74 Å². The molecule has 39 heavy (non-hydrogen) atoms. The van der Waals surface area contributed by atoms with Crippen LogP contribution in [0.3, 0.4) is 0 Å². The number of hydrogen-bond donors (Lipinski definition) is 1. The number of aromatic nitrogens is 1. The molecule has 2 heterocycles. The van der Waals surface area contributed by atoms with Gasteiger partial charge in [0.2, 0.25) is 0 Å². The van der Waals surface area contributed by atoms with Crippen molar-refractivity contribution < 1.29 is 24.2 Å². The molecule has 1 aliphatic heterocycles. The molecule has 0 bridgehead atoms. The monoisotopic (exact) mass is 521 g/mol. The summed E-state index contributed by atoms with van der Waals surface area (Å²) in [6.07, 6.45) is 7.54. The lowest BCUT2D eigenvalue weighted by Crippen LogP contribution is -2.10. The third-order valence-corrected chi connectivity index (χ3v) is 8.00. The van der Waals surface area contributed by atoms with Gasteiger partial charge in [0.15, 0.2) is 0 Å². The standard InChI is InChI=1S/C33H31NO5/c1-38-33(37)23-12-14-28-29(18-23)34-19-25(32(35)36)16-24-17-26(39-20-21-8-4-2-5-9-21)13-15-27(24)31(34)30(28)22-10-6-3-7-11-22/h2,4-5,8-9,12-18,22H,3,6-7,10-11,19-20H2,1H3,(H,35,36). The van der Waals surface area contributed by atoms with E-state index in [-0.39, 0.29) is 12.1 Å². The van der Waals surface area contributed by atoms with E-state index in [1.807, 2.05) is 60.7 Å². The third-order valence-electron chi connectivity index (χ3n) is 8.00. The fourth-order valence-corrected chi connectivity index (χ4v) is 6.12. The highest BCUT2D eigenvalue weighted by Crippen LogP contribution is 2.47. The Hall–Kier alpha value is -4.32. The number of benzene rings is 3. The number of aliphatic carboxylic acids is 1. The van der Waals surface area contributed by atoms with Crippen LogP contribution in [0.25, 0.3) is 28.2 Å². The summed E-state index contributed by atoms with van der Waals surface area (Å²) >= 11 is 0. The molecule has 1 saturated carbocycles. The molecule has 6 nitrogen and oxygen atoms in total. The molecule has 1 N–H and O–H groups in total. The van der Waals surface area contributed by atoms with E-state index in [2.05, 4.69) is 10.6 Å². The fourth-order valence-electron chi connectivity index (χ4n) is 6.12. The molecule has 3 aromatic carbocycles. The number of rotatable bonds is 6. The maximum Gasteiger partial charge on any atom is 0.337 e. The molecule has 0 amide bonds. The van der Waals surface area contributed by atoms with E-state index < -0.39 is 11.9 Å². The quantitative estimate of drug-likeness (QED) is 0.272. The van der Waals surface area contributed by atoms with Crippen molar-refractivity contribution in [2.75, 3.05) is 7.11 Å². The molecule has 0 spiro atoms. The predicted molar refractivity (Wildman–Crippen MR) is 151 cm³/mol. The number of methoxy groups -OCH3 is 1. The molecule has 6 heteroatoms. The lowest BCUT2D eigenvalue weighted by molar-refractivity contribution is -0.132. The van der Waals surface area contributed by atoms with Crippen molar-refractivity contribution >= 4 is 28.9 Å². The summed E-state index contributed by atoms with van der Waals surface area (Å²) in [7, 11) is 1.37. The highest BCUT2D eigenvalue weighted by molar-refractivity contribution is 6.02. The fraction of sp³-hybridized carbons (Fsp3) is 0.273. The van der Waals surface area contributed by atoms with Crippen LogP contribution in [0.4, 0.5) is 0 Å².